The van der Waals surface area contributed by atoms with Crippen LogP contribution in [-0.2, 0) is 18.2 Å². The lowest BCUT2D eigenvalue weighted by Gasteiger charge is -2.35. The summed E-state index contributed by atoms with van der Waals surface area (Å²) in [4.78, 5) is 21.5. The lowest BCUT2D eigenvalue weighted by molar-refractivity contribution is -0.0785. The minimum absolute atomic E-state index is 0.0984. The molecule has 1 fully saturated rings. The van der Waals surface area contributed by atoms with Gasteiger partial charge in [0.1, 0.15) is 11.4 Å². The van der Waals surface area contributed by atoms with E-state index in [9.17, 15) is 4.79 Å². The lowest BCUT2D eigenvalue weighted by Crippen LogP contribution is -2.36. The molecule has 0 spiro atoms. The van der Waals surface area contributed by atoms with Crippen LogP contribution in [0.1, 0.15) is 37.9 Å². The third-order valence-corrected chi connectivity index (χ3v) is 6.31. The van der Waals surface area contributed by atoms with Crippen LogP contribution in [0, 0.1) is 5.92 Å². The Morgan fingerprint density at radius 2 is 2.00 bits per heavy atom. The second kappa shape index (κ2) is 10.0. The summed E-state index contributed by atoms with van der Waals surface area (Å²) in [6.45, 7) is 5.64. The van der Waals surface area contributed by atoms with Gasteiger partial charge in [-0.15, -0.1) is 0 Å². The molecule has 1 saturated heterocycles. The SMILES string of the molecule is Cn1cc(-n2ccc(=O)c(Cc3cccc(-c4ncc(OCC5CCOC(C)(C)C5)cn4)c3)n2)cn1. The van der Waals surface area contributed by atoms with E-state index >= 15 is 0 Å². The van der Waals surface area contributed by atoms with Gasteiger partial charge in [0.25, 0.3) is 0 Å². The van der Waals surface area contributed by atoms with E-state index in [-0.39, 0.29) is 11.0 Å². The van der Waals surface area contributed by atoms with Gasteiger partial charge in [-0.1, -0.05) is 18.2 Å². The Morgan fingerprint density at radius 3 is 2.75 bits per heavy atom. The third kappa shape index (κ3) is 5.68. The summed E-state index contributed by atoms with van der Waals surface area (Å²) in [7, 11) is 1.84. The van der Waals surface area contributed by atoms with Gasteiger partial charge in [-0.3, -0.25) is 9.48 Å². The minimum atomic E-state index is -0.105. The van der Waals surface area contributed by atoms with Crippen molar-refractivity contribution in [2.45, 2.75) is 38.7 Å². The van der Waals surface area contributed by atoms with Crippen molar-refractivity contribution in [2.75, 3.05) is 13.2 Å². The second-order valence-electron chi connectivity index (χ2n) is 9.84. The highest BCUT2D eigenvalue weighted by molar-refractivity contribution is 5.56. The summed E-state index contributed by atoms with van der Waals surface area (Å²) in [6, 6.07) is 9.38. The van der Waals surface area contributed by atoms with Crippen LogP contribution in [-0.4, -0.2) is 48.3 Å². The van der Waals surface area contributed by atoms with E-state index in [1.54, 1.807) is 34.2 Å². The van der Waals surface area contributed by atoms with Crippen molar-refractivity contribution in [1.29, 1.82) is 0 Å². The van der Waals surface area contributed by atoms with E-state index < -0.39 is 0 Å². The van der Waals surface area contributed by atoms with Crippen LogP contribution in [0.15, 0.2) is 66.1 Å². The van der Waals surface area contributed by atoms with E-state index in [0.717, 1.165) is 36.3 Å². The number of rotatable bonds is 7. The predicted molar refractivity (Wildman–Crippen MR) is 135 cm³/mol. The smallest absolute Gasteiger partial charge is 0.203 e. The quantitative estimate of drug-likeness (QED) is 0.394. The van der Waals surface area contributed by atoms with E-state index in [4.69, 9.17) is 9.47 Å². The molecular formula is C27H30N6O3. The molecule has 4 heterocycles. The zero-order valence-corrected chi connectivity index (χ0v) is 20.8. The highest BCUT2D eigenvalue weighted by Crippen LogP contribution is 2.29. The second-order valence-corrected chi connectivity index (χ2v) is 9.84. The van der Waals surface area contributed by atoms with Crippen LogP contribution in [0.4, 0.5) is 0 Å². The number of nitrogens with zero attached hydrogens (tertiary/aromatic N) is 6. The highest BCUT2D eigenvalue weighted by Gasteiger charge is 2.29. The zero-order chi connectivity index (χ0) is 25.1. The van der Waals surface area contributed by atoms with Gasteiger partial charge in [0.2, 0.25) is 5.43 Å². The van der Waals surface area contributed by atoms with Gasteiger partial charge in [0.05, 0.1) is 37.0 Å². The maximum Gasteiger partial charge on any atom is 0.203 e. The molecule has 1 atom stereocenters. The molecule has 186 valence electrons. The fraction of sp³-hybridized carbons (Fsp3) is 0.370. The van der Waals surface area contributed by atoms with Crippen LogP contribution in [0.5, 0.6) is 5.75 Å². The van der Waals surface area contributed by atoms with E-state index in [1.807, 2.05) is 37.5 Å². The summed E-state index contributed by atoms with van der Waals surface area (Å²) >= 11 is 0. The average Bonchev–Trinajstić information content (AvgIpc) is 3.30. The molecule has 0 radical (unpaired) electrons. The molecule has 1 aromatic carbocycles. The molecule has 0 amide bonds. The van der Waals surface area contributed by atoms with Crippen LogP contribution in [0.3, 0.4) is 0 Å². The summed E-state index contributed by atoms with van der Waals surface area (Å²) in [5.74, 6) is 1.72. The molecule has 9 heteroatoms. The average molecular weight is 487 g/mol. The Morgan fingerprint density at radius 1 is 1.17 bits per heavy atom. The van der Waals surface area contributed by atoms with Crippen molar-refractivity contribution in [1.82, 2.24) is 29.5 Å². The van der Waals surface area contributed by atoms with Gasteiger partial charge in [0, 0.05) is 37.9 Å². The zero-order valence-electron chi connectivity index (χ0n) is 20.8. The number of aromatic nitrogens is 6. The maximum atomic E-state index is 12.5. The van der Waals surface area contributed by atoms with Crippen molar-refractivity contribution < 1.29 is 9.47 Å². The summed E-state index contributed by atoms with van der Waals surface area (Å²) < 4.78 is 15.1. The maximum absolute atomic E-state index is 12.5. The van der Waals surface area contributed by atoms with Gasteiger partial charge in [-0.05, 0) is 44.2 Å². The summed E-state index contributed by atoms with van der Waals surface area (Å²) in [6.07, 6.45) is 11.0. The van der Waals surface area contributed by atoms with Crippen molar-refractivity contribution >= 4 is 0 Å². The van der Waals surface area contributed by atoms with Crippen molar-refractivity contribution in [3.05, 3.63) is 82.8 Å². The molecule has 36 heavy (non-hydrogen) atoms. The number of benzene rings is 1. The standard InChI is InChI=1S/C27H30N6O3/c1-27(2)13-20(8-10-36-27)18-35-23-15-28-26(29-16-23)21-6-4-5-19(11-21)12-24-25(34)7-9-33(31-24)22-14-30-32(3)17-22/h4-7,9,11,14-17,20H,8,10,12-13,18H2,1-3H3. The molecule has 4 aromatic rings. The van der Waals surface area contributed by atoms with E-state index in [0.29, 0.717) is 36.2 Å². The molecule has 0 N–H and O–H groups in total. The molecule has 0 bridgehead atoms. The summed E-state index contributed by atoms with van der Waals surface area (Å²) in [5.41, 5.74) is 2.87. The number of aryl methyl sites for hydroxylation is 1. The van der Waals surface area contributed by atoms with Gasteiger partial charge in [-0.2, -0.15) is 10.2 Å². The van der Waals surface area contributed by atoms with Crippen molar-refractivity contribution in [3.8, 4) is 22.8 Å². The Hall–Kier alpha value is -3.85. The molecule has 0 saturated carbocycles. The van der Waals surface area contributed by atoms with Crippen molar-refractivity contribution in [2.24, 2.45) is 13.0 Å². The van der Waals surface area contributed by atoms with Crippen LogP contribution in [0.25, 0.3) is 17.1 Å². The molecule has 5 rings (SSSR count). The van der Waals surface area contributed by atoms with Gasteiger partial charge in [-0.25, -0.2) is 14.6 Å². The normalized spacial score (nSPS) is 17.1. The number of hydrogen-bond acceptors (Lipinski definition) is 7. The Labute approximate surface area is 209 Å². The van der Waals surface area contributed by atoms with Crippen LogP contribution >= 0.6 is 0 Å². The Bertz CT molecular complexity index is 1390. The first-order valence-electron chi connectivity index (χ1n) is 12.1. The molecule has 3 aromatic heterocycles. The highest BCUT2D eigenvalue weighted by atomic mass is 16.5. The number of hydrogen-bond donors (Lipinski definition) is 0. The Balaban J connectivity index is 1.27. The van der Waals surface area contributed by atoms with Gasteiger partial charge < -0.3 is 9.47 Å². The van der Waals surface area contributed by atoms with Crippen LogP contribution in [0.2, 0.25) is 0 Å². The first kappa shape index (κ1) is 23.9. The van der Waals surface area contributed by atoms with Gasteiger partial charge >= 0.3 is 0 Å². The Kier molecular flexibility index (Phi) is 6.65. The third-order valence-electron chi connectivity index (χ3n) is 6.31. The molecule has 1 aliphatic heterocycles. The molecule has 0 aliphatic carbocycles. The van der Waals surface area contributed by atoms with Crippen molar-refractivity contribution in [3.63, 3.8) is 0 Å². The van der Waals surface area contributed by atoms with E-state index in [2.05, 4.69) is 34.0 Å². The topological polar surface area (TPSA) is 97.0 Å². The van der Waals surface area contributed by atoms with Crippen LogP contribution < -0.4 is 10.2 Å². The fourth-order valence-electron chi connectivity index (χ4n) is 4.51. The van der Waals surface area contributed by atoms with Gasteiger partial charge in [0.15, 0.2) is 11.6 Å². The summed E-state index contributed by atoms with van der Waals surface area (Å²) in [5, 5.41) is 8.70. The fourth-order valence-corrected chi connectivity index (χ4v) is 4.51. The first-order valence-corrected chi connectivity index (χ1v) is 12.1. The predicted octanol–water partition coefficient (Wildman–Crippen LogP) is 3.60. The monoisotopic (exact) mass is 486 g/mol. The first-order chi connectivity index (χ1) is 17.3. The molecular weight excluding hydrogens is 456 g/mol. The molecule has 9 nitrogen and oxygen atoms in total. The lowest BCUT2D eigenvalue weighted by atomic mass is 9.89. The molecule has 1 unspecified atom stereocenters. The number of ether oxygens (including phenoxy) is 2. The minimum Gasteiger partial charge on any atom is -0.490 e. The largest absolute Gasteiger partial charge is 0.490 e. The molecule has 1 aliphatic rings. The van der Waals surface area contributed by atoms with E-state index in [1.165, 1.54) is 6.07 Å².